The minimum atomic E-state index is -0.809. The number of rotatable bonds is 8. The van der Waals surface area contributed by atoms with Crippen molar-refractivity contribution in [3.05, 3.63) is 95.3 Å². The third-order valence-corrected chi connectivity index (χ3v) is 4.53. The molecule has 170 valence electrons. The van der Waals surface area contributed by atoms with Crippen LogP contribution in [0.25, 0.3) is 0 Å². The lowest BCUT2D eigenvalue weighted by atomic mass is 10.1. The van der Waals surface area contributed by atoms with Crippen LogP contribution >= 0.6 is 0 Å². The van der Waals surface area contributed by atoms with Crippen LogP contribution in [0.4, 0.5) is 14.9 Å². The molecule has 0 unspecified atom stereocenters. The van der Waals surface area contributed by atoms with Crippen LogP contribution in [0.3, 0.4) is 0 Å². The molecule has 2 N–H and O–H groups in total. The lowest BCUT2D eigenvalue weighted by Crippen LogP contribution is -2.24. The summed E-state index contributed by atoms with van der Waals surface area (Å²) in [5.41, 5.74) is 2.47. The smallest absolute Gasteiger partial charge is 0.434 e. The second-order valence-corrected chi connectivity index (χ2v) is 7.04. The molecule has 33 heavy (non-hydrogen) atoms. The van der Waals surface area contributed by atoms with Crippen LogP contribution in [0.1, 0.15) is 28.4 Å². The van der Waals surface area contributed by atoms with Crippen molar-refractivity contribution in [3.63, 3.8) is 0 Å². The molecule has 0 saturated heterocycles. The minimum absolute atomic E-state index is 0.145. The Bertz CT molecular complexity index is 1110. The number of halogens is 1. The van der Waals surface area contributed by atoms with E-state index in [0.29, 0.717) is 16.8 Å². The van der Waals surface area contributed by atoms with Crippen molar-refractivity contribution in [2.45, 2.75) is 19.9 Å². The number of nitrogens with one attached hydrogen (secondary N) is 2. The van der Waals surface area contributed by atoms with Gasteiger partial charge < -0.3 is 20.1 Å². The molecular weight excluding hydrogens is 427 g/mol. The molecule has 3 rings (SSSR count). The minimum Gasteiger partial charge on any atom is -0.434 e. The van der Waals surface area contributed by atoms with Crippen molar-refractivity contribution in [1.82, 2.24) is 5.32 Å². The van der Waals surface area contributed by atoms with E-state index in [4.69, 9.17) is 9.47 Å². The standard InChI is InChI=1S/C25H23FN2O5/c1-2-32-25(31)33-22-12-8-19(9-13-22)24(30)28-21-5-3-4-18(14-21)16-27-23(29)15-17-6-10-20(26)11-7-17/h3-14H,2,15-16H2,1H3,(H,27,29)(H,28,30). The summed E-state index contributed by atoms with van der Waals surface area (Å²) in [5, 5.41) is 5.60. The number of carbonyl (C=O) groups excluding carboxylic acids is 3. The molecule has 0 radical (unpaired) electrons. The SMILES string of the molecule is CCOC(=O)Oc1ccc(C(=O)Nc2cccc(CNC(=O)Cc3ccc(F)cc3)c2)cc1. The van der Waals surface area contributed by atoms with Gasteiger partial charge in [-0.25, -0.2) is 9.18 Å². The number of benzene rings is 3. The Morgan fingerprint density at radius 2 is 1.64 bits per heavy atom. The summed E-state index contributed by atoms with van der Waals surface area (Å²) in [5.74, 6) is -0.612. The lowest BCUT2D eigenvalue weighted by Gasteiger charge is -2.10. The van der Waals surface area contributed by atoms with Gasteiger partial charge in [-0.1, -0.05) is 24.3 Å². The van der Waals surface area contributed by atoms with Crippen LogP contribution in [0.15, 0.2) is 72.8 Å². The average molecular weight is 450 g/mol. The van der Waals surface area contributed by atoms with E-state index in [1.54, 1.807) is 37.3 Å². The summed E-state index contributed by atoms with van der Waals surface area (Å²) in [7, 11) is 0. The highest BCUT2D eigenvalue weighted by Crippen LogP contribution is 2.16. The maximum atomic E-state index is 13.0. The first-order valence-corrected chi connectivity index (χ1v) is 10.3. The van der Waals surface area contributed by atoms with Crippen LogP contribution in [-0.2, 0) is 22.5 Å². The summed E-state index contributed by atoms with van der Waals surface area (Å²) in [6.07, 6.45) is -0.664. The topological polar surface area (TPSA) is 93.7 Å². The van der Waals surface area contributed by atoms with Gasteiger partial charge in [0.15, 0.2) is 0 Å². The maximum absolute atomic E-state index is 13.0. The maximum Gasteiger partial charge on any atom is 0.513 e. The van der Waals surface area contributed by atoms with E-state index in [1.807, 2.05) is 6.07 Å². The summed E-state index contributed by atoms with van der Waals surface area (Å²) >= 11 is 0. The fraction of sp³-hybridized carbons (Fsp3) is 0.160. The van der Waals surface area contributed by atoms with Gasteiger partial charge in [-0.05, 0) is 66.6 Å². The molecule has 8 heteroatoms. The van der Waals surface area contributed by atoms with Crippen molar-refractivity contribution in [2.75, 3.05) is 11.9 Å². The molecule has 0 bridgehead atoms. The van der Waals surface area contributed by atoms with Gasteiger partial charge in [0.05, 0.1) is 13.0 Å². The fourth-order valence-corrected chi connectivity index (χ4v) is 2.93. The molecular formula is C25H23FN2O5. The zero-order valence-corrected chi connectivity index (χ0v) is 18.0. The van der Waals surface area contributed by atoms with E-state index in [0.717, 1.165) is 5.56 Å². The number of carbonyl (C=O) groups is 3. The summed E-state index contributed by atoms with van der Waals surface area (Å²) in [6.45, 7) is 2.16. The molecule has 0 fully saturated rings. The normalized spacial score (nSPS) is 10.2. The summed E-state index contributed by atoms with van der Waals surface area (Å²) < 4.78 is 22.6. The highest BCUT2D eigenvalue weighted by molar-refractivity contribution is 6.04. The first-order chi connectivity index (χ1) is 15.9. The molecule has 0 aromatic heterocycles. The molecule has 3 aromatic carbocycles. The lowest BCUT2D eigenvalue weighted by molar-refractivity contribution is -0.120. The average Bonchev–Trinajstić information content (AvgIpc) is 2.80. The van der Waals surface area contributed by atoms with Crippen LogP contribution in [-0.4, -0.2) is 24.6 Å². The van der Waals surface area contributed by atoms with E-state index < -0.39 is 6.16 Å². The van der Waals surface area contributed by atoms with Crippen LogP contribution in [0, 0.1) is 5.82 Å². The Labute approximate surface area is 190 Å². The van der Waals surface area contributed by atoms with E-state index in [-0.39, 0.29) is 43.0 Å². The van der Waals surface area contributed by atoms with Crippen LogP contribution < -0.4 is 15.4 Å². The van der Waals surface area contributed by atoms with Gasteiger partial charge in [-0.15, -0.1) is 0 Å². The monoisotopic (exact) mass is 450 g/mol. The van der Waals surface area contributed by atoms with Gasteiger partial charge in [0, 0.05) is 17.8 Å². The van der Waals surface area contributed by atoms with Gasteiger partial charge in [0.2, 0.25) is 5.91 Å². The third-order valence-electron chi connectivity index (χ3n) is 4.53. The van der Waals surface area contributed by atoms with Gasteiger partial charge in [-0.3, -0.25) is 9.59 Å². The third kappa shape index (κ3) is 7.46. The molecule has 0 saturated carbocycles. The van der Waals surface area contributed by atoms with E-state index in [1.165, 1.54) is 36.4 Å². The van der Waals surface area contributed by atoms with Gasteiger partial charge in [0.1, 0.15) is 11.6 Å². The second kappa shape index (κ2) is 11.4. The molecule has 0 atom stereocenters. The molecule has 0 spiro atoms. The van der Waals surface area contributed by atoms with Crippen molar-refractivity contribution in [2.24, 2.45) is 0 Å². The number of amides is 2. The van der Waals surface area contributed by atoms with Crippen molar-refractivity contribution in [1.29, 1.82) is 0 Å². The van der Waals surface area contributed by atoms with Crippen molar-refractivity contribution < 1.29 is 28.2 Å². The molecule has 2 amide bonds. The van der Waals surface area contributed by atoms with Crippen LogP contribution in [0.2, 0.25) is 0 Å². The number of ether oxygens (including phenoxy) is 2. The zero-order chi connectivity index (χ0) is 23.6. The molecule has 0 heterocycles. The predicted molar refractivity (Wildman–Crippen MR) is 120 cm³/mol. The Morgan fingerprint density at radius 1 is 0.909 bits per heavy atom. The first kappa shape index (κ1) is 23.5. The Morgan fingerprint density at radius 3 is 2.33 bits per heavy atom. The van der Waals surface area contributed by atoms with Crippen molar-refractivity contribution in [3.8, 4) is 5.75 Å². The summed E-state index contributed by atoms with van der Waals surface area (Å²) in [6, 6.07) is 18.9. The Kier molecular flexibility index (Phi) is 8.13. The van der Waals surface area contributed by atoms with E-state index in [2.05, 4.69) is 10.6 Å². The largest absolute Gasteiger partial charge is 0.513 e. The molecule has 3 aromatic rings. The van der Waals surface area contributed by atoms with Gasteiger partial charge in [-0.2, -0.15) is 0 Å². The van der Waals surface area contributed by atoms with Crippen LogP contribution in [0.5, 0.6) is 5.75 Å². The number of hydrogen-bond donors (Lipinski definition) is 2. The predicted octanol–water partition coefficient (Wildman–Crippen LogP) is 4.47. The van der Waals surface area contributed by atoms with E-state index in [9.17, 15) is 18.8 Å². The fourth-order valence-electron chi connectivity index (χ4n) is 2.93. The molecule has 0 aliphatic heterocycles. The Balaban J connectivity index is 1.52. The van der Waals surface area contributed by atoms with Gasteiger partial charge >= 0.3 is 6.16 Å². The summed E-state index contributed by atoms with van der Waals surface area (Å²) in [4.78, 5) is 36.0. The quantitative estimate of drug-likeness (QED) is 0.390. The Hall–Kier alpha value is -4.20. The van der Waals surface area contributed by atoms with Crippen molar-refractivity contribution >= 4 is 23.7 Å². The zero-order valence-electron chi connectivity index (χ0n) is 18.0. The highest BCUT2D eigenvalue weighted by Gasteiger charge is 2.10. The molecule has 7 nitrogen and oxygen atoms in total. The van der Waals surface area contributed by atoms with E-state index >= 15 is 0 Å². The number of hydrogen-bond acceptors (Lipinski definition) is 5. The molecule has 0 aliphatic rings. The highest BCUT2D eigenvalue weighted by atomic mass is 19.1. The molecule has 0 aliphatic carbocycles. The second-order valence-electron chi connectivity index (χ2n) is 7.04. The first-order valence-electron chi connectivity index (χ1n) is 10.3. The van der Waals surface area contributed by atoms with Gasteiger partial charge in [0.25, 0.3) is 5.91 Å². The number of anilines is 1.